The van der Waals surface area contributed by atoms with Gasteiger partial charge < -0.3 is 5.73 Å². The maximum absolute atomic E-state index is 6.22. The largest absolute Gasteiger partial charge is 0.327 e. The SMILES string of the molecule is Cc1nn(C)c(Cl)c1CC(N)CSc1cccc(Cl)c1. The molecule has 1 aromatic carbocycles. The molecule has 2 N–H and O–H groups in total. The first-order valence-electron chi connectivity index (χ1n) is 6.29. The molecule has 0 saturated carbocycles. The number of halogens is 2. The zero-order chi connectivity index (χ0) is 14.7. The lowest BCUT2D eigenvalue weighted by Crippen LogP contribution is -2.25. The molecule has 1 heterocycles. The summed E-state index contributed by atoms with van der Waals surface area (Å²) < 4.78 is 1.68. The lowest BCUT2D eigenvalue weighted by atomic mass is 10.1. The predicted molar refractivity (Wildman–Crippen MR) is 86.8 cm³/mol. The molecule has 0 spiro atoms. The Bertz CT molecular complexity index is 598. The molecule has 6 heteroatoms. The van der Waals surface area contributed by atoms with E-state index in [4.69, 9.17) is 28.9 Å². The normalized spacial score (nSPS) is 12.7. The van der Waals surface area contributed by atoms with Gasteiger partial charge >= 0.3 is 0 Å². The van der Waals surface area contributed by atoms with Gasteiger partial charge in [0.2, 0.25) is 0 Å². The maximum atomic E-state index is 6.22. The Morgan fingerprint density at radius 3 is 2.75 bits per heavy atom. The summed E-state index contributed by atoms with van der Waals surface area (Å²) in [6.45, 7) is 1.96. The van der Waals surface area contributed by atoms with Crippen LogP contribution in [0.1, 0.15) is 11.3 Å². The van der Waals surface area contributed by atoms with Gasteiger partial charge in [0.15, 0.2) is 0 Å². The van der Waals surface area contributed by atoms with Gasteiger partial charge in [-0.1, -0.05) is 29.3 Å². The highest BCUT2D eigenvalue weighted by Crippen LogP contribution is 2.24. The Kier molecular flexibility index (Phi) is 5.38. The van der Waals surface area contributed by atoms with E-state index in [1.165, 1.54) is 0 Å². The van der Waals surface area contributed by atoms with E-state index in [1.54, 1.807) is 16.4 Å². The van der Waals surface area contributed by atoms with Crippen LogP contribution in [0, 0.1) is 6.92 Å². The average Bonchev–Trinajstić information content (AvgIpc) is 2.63. The first kappa shape index (κ1) is 15.7. The number of benzene rings is 1. The van der Waals surface area contributed by atoms with Crippen molar-refractivity contribution in [3.63, 3.8) is 0 Å². The molecule has 20 heavy (non-hydrogen) atoms. The van der Waals surface area contributed by atoms with Crippen molar-refractivity contribution in [1.82, 2.24) is 9.78 Å². The minimum Gasteiger partial charge on any atom is -0.327 e. The summed E-state index contributed by atoms with van der Waals surface area (Å²) in [7, 11) is 1.84. The van der Waals surface area contributed by atoms with Crippen molar-refractivity contribution in [3.8, 4) is 0 Å². The van der Waals surface area contributed by atoms with Gasteiger partial charge in [-0.2, -0.15) is 5.10 Å². The molecule has 0 fully saturated rings. The summed E-state index contributed by atoms with van der Waals surface area (Å²) in [5, 5.41) is 5.72. The summed E-state index contributed by atoms with van der Waals surface area (Å²) in [5.41, 5.74) is 8.17. The molecule has 0 aliphatic carbocycles. The van der Waals surface area contributed by atoms with Crippen LogP contribution >= 0.6 is 35.0 Å². The molecule has 2 aromatic rings. The van der Waals surface area contributed by atoms with Crippen molar-refractivity contribution >= 4 is 35.0 Å². The maximum Gasteiger partial charge on any atom is 0.130 e. The predicted octanol–water partition coefficient (Wildman–Crippen LogP) is 3.70. The first-order valence-corrected chi connectivity index (χ1v) is 8.03. The minimum atomic E-state index is 0.0272. The number of hydrogen-bond donors (Lipinski definition) is 1. The van der Waals surface area contributed by atoms with Crippen LogP contribution in [-0.2, 0) is 13.5 Å². The van der Waals surface area contributed by atoms with Crippen LogP contribution < -0.4 is 5.73 Å². The number of nitrogens with two attached hydrogens (primary N) is 1. The molecule has 1 unspecified atom stereocenters. The number of aromatic nitrogens is 2. The smallest absolute Gasteiger partial charge is 0.130 e. The second-order valence-corrected chi connectivity index (χ2v) is 6.60. The highest BCUT2D eigenvalue weighted by atomic mass is 35.5. The van der Waals surface area contributed by atoms with E-state index in [2.05, 4.69) is 5.10 Å². The van der Waals surface area contributed by atoms with Gasteiger partial charge in [-0.25, -0.2) is 0 Å². The van der Waals surface area contributed by atoms with Gasteiger partial charge in [0, 0.05) is 34.3 Å². The fraction of sp³-hybridized carbons (Fsp3) is 0.357. The van der Waals surface area contributed by atoms with E-state index < -0.39 is 0 Å². The average molecular weight is 330 g/mol. The molecule has 3 nitrogen and oxygen atoms in total. The number of hydrogen-bond acceptors (Lipinski definition) is 3. The highest BCUT2D eigenvalue weighted by molar-refractivity contribution is 7.99. The van der Waals surface area contributed by atoms with Gasteiger partial charge in [0.25, 0.3) is 0 Å². The van der Waals surface area contributed by atoms with Crippen molar-refractivity contribution in [2.75, 3.05) is 5.75 Å². The monoisotopic (exact) mass is 329 g/mol. The van der Waals surface area contributed by atoms with Crippen LogP contribution in [0.4, 0.5) is 0 Å². The molecular weight excluding hydrogens is 313 g/mol. The molecular formula is C14H17Cl2N3S. The van der Waals surface area contributed by atoms with Crippen molar-refractivity contribution in [3.05, 3.63) is 45.7 Å². The molecule has 1 atom stereocenters. The van der Waals surface area contributed by atoms with E-state index in [0.29, 0.717) is 5.15 Å². The Labute approximate surface area is 133 Å². The van der Waals surface area contributed by atoms with E-state index >= 15 is 0 Å². The lowest BCUT2D eigenvalue weighted by Gasteiger charge is -2.11. The molecule has 0 aliphatic heterocycles. The summed E-state index contributed by atoms with van der Waals surface area (Å²) in [5.74, 6) is 0.811. The van der Waals surface area contributed by atoms with Crippen molar-refractivity contribution < 1.29 is 0 Å². The summed E-state index contributed by atoms with van der Waals surface area (Å²) in [6.07, 6.45) is 0.728. The third kappa shape index (κ3) is 3.92. The summed E-state index contributed by atoms with van der Waals surface area (Å²) in [4.78, 5) is 1.13. The zero-order valence-electron chi connectivity index (χ0n) is 11.4. The fourth-order valence-electron chi connectivity index (χ4n) is 1.99. The summed E-state index contributed by atoms with van der Waals surface area (Å²) in [6, 6.07) is 7.81. The van der Waals surface area contributed by atoms with Gasteiger partial charge in [-0.15, -0.1) is 11.8 Å². The Balaban J connectivity index is 1.94. The number of nitrogens with zero attached hydrogens (tertiary/aromatic N) is 2. The molecule has 0 bridgehead atoms. The fourth-order valence-corrected chi connectivity index (χ4v) is 3.40. The number of thioether (sulfide) groups is 1. The van der Waals surface area contributed by atoms with Crippen molar-refractivity contribution in [1.29, 1.82) is 0 Å². The molecule has 2 rings (SSSR count). The lowest BCUT2D eigenvalue weighted by molar-refractivity contribution is 0.743. The highest BCUT2D eigenvalue weighted by Gasteiger charge is 2.15. The standard InChI is InChI=1S/C14H17Cl2N3S/c1-9-13(14(16)19(2)18-9)7-11(17)8-20-12-5-3-4-10(15)6-12/h3-6,11H,7-8,17H2,1-2H3. The second-order valence-electron chi connectivity index (χ2n) is 4.71. The quantitative estimate of drug-likeness (QED) is 0.850. The third-order valence-electron chi connectivity index (χ3n) is 3.00. The van der Waals surface area contributed by atoms with E-state index in [1.807, 2.05) is 38.2 Å². The van der Waals surface area contributed by atoms with Crippen LogP contribution in [0.2, 0.25) is 10.2 Å². The molecule has 1 aromatic heterocycles. The number of aryl methyl sites for hydroxylation is 2. The van der Waals surface area contributed by atoms with Gasteiger partial charge in [0.1, 0.15) is 5.15 Å². The minimum absolute atomic E-state index is 0.0272. The Morgan fingerprint density at radius 2 is 2.15 bits per heavy atom. The first-order chi connectivity index (χ1) is 9.47. The van der Waals surface area contributed by atoms with Crippen LogP contribution in [0.5, 0.6) is 0 Å². The molecule has 0 saturated heterocycles. The number of rotatable bonds is 5. The second kappa shape index (κ2) is 6.85. The van der Waals surface area contributed by atoms with Crippen molar-refractivity contribution in [2.45, 2.75) is 24.3 Å². The van der Waals surface area contributed by atoms with Crippen LogP contribution in [0.25, 0.3) is 0 Å². The van der Waals surface area contributed by atoms with E-state index in [9.17, 15) is 0 Å². The molecule has 108 valence electrons. The van der Waals surface area contributed by atoms with Gasteiger partial charge in [0.05, 0.1) is 5.69 Å². The summed E-state index contributed by atoms with van der Waals surface area (Å²) >= 11 is 13.9. The molecule has 0 amide bonds. The van der Waals surface area contributed by atoms with E-state index in [-0.39, 0.29) is 6.04 Å². The van der Waals surface area contributed by atoms with Gasteiger partial charge in [-0.05, 0) is 31.5 Å². The van der Waals surface area contributed by atoms with E-state index in [0.717, 1.165) is 33.3 Å². The van der Waals surface area contributed by atoms with Crippen LogP contribution in [0.15, 0.2) is 29.2 Å². The molecule has 0 radical (unpaired) electrons. The zero-order valence-corrected chi connectivity index (χ0v) is 13.8. The topological polar surface area (TPSA) is 43.8 Å². The van der Waals surface area contributed by atoms with Crippen molar-refractivity contribution in [2.24, 2.45) is 12.8 Å². The Hall–Kier alpha value is -0.680. The Morgan fingerprint density at radius 1 is 1.40 bits per heavy atom. The van der Waals surface area contributed by atoms with Crippen LogP contribution in [0.3, 0.4) is 0 Å². The third-order valence-corrected chi connectivity index (χ3v) is 4.89. The van der Waals surface area contributed by atoms with Crippen LogP contribution in [-0.4, -0.2) is 21.6 Å². The molecule has 0 aliphatic rings. The van der Waals surface area contributed by atoms with Gasteiger partial charge in [-0.3, -0.25) is 4.68 Å².